The van der Waals surface area contributed by atoms with Crippen molar-refractivity contribution >= 4 is 0 Å². The molecule has 0 atom stereocenters. The van der Waals surface area contributed by atoms with Crippen molar-refractivity contribution in [1.82, 2.24) is 9.80 Å². The third-order valence-electron chi connectivity index (χ3n) is 1.84. The molecular formula is C10H22N2O2. The normalized spacial score (nSPS) is 14.3. The zero-order chi connectivity index (χ0) is 10.8. The second-order valence-electron chi connectivity index (χ2n) is 3.31. The van der Waals surface area contributed by atoms with Gasteiger partial charge in [-0.2, -0.15) is 0 Å². The summed E-state index contributed by atoms with van der Waals surface area (Å²) in [6.45, 7) is 4.25. The molecule has 0 saturated heterocycles. The Kier molecular flexibility index (Phi) is 8.37. The molecule has 0 aromatic heterocycles. The van der Waals surface area contributed by atoms with Crippen LogP contribution in [0.4, 0.5) is 0 Å². The summed E-state index contributed by atoms with van der Waals surface area (Å²) in [6.07, 6.45) is 6.87. The van der Waals surface area contributed by atoms with E-state index in [0.717, 1.165) is 6.67 Å². The number of aliphatic hydroxyl groups excluding tert-OH is 2. The monoisotopic (exact) mass is 202 g/mol. The fourth-order valence-electron chi connectivity index (χ4n) is 1.10. The second kappa shape index (κ2) is 8.84. The molecule has 0 radical (unpaired) electrons. The van der Waals surface area contributed by atoms with Crippen LogP contribution in [0.2, 0.25) is 0 Å². The number of hydrogen-bond donors (Lipinski definition) is 2. The Bertz CT molecular complexity index is 149. The minimum atomic E-state index is -0.125. The molecule has 4 heteroatoms. The SMILES string of the molecule is CCCCN1C=CN(C)C1.OCCO. The third-order valence-corrected chi connectivity index (χ3v) is 1.84. The summed E-state index contributed by atoms with van der Waals surface area (Å²) in [6, 6.07) is 0. The highest BCUT2D eigenvalue weighted by Gasteiger charge is 2.05. The molecule has 0 aromatic carbocycles. The summed E-state index contributed by atoms with van der Waals surface area (Å²) in [7, 11) is 2.10. The maximum atomic E-state index is 7.62. The molecule has 0 aliphatic carbocycles. The van der Waals surface area contributed by atoms with Gasteiger partial charge < -0.3 is 20.0 Å². The van der Waals surface area contributed by atoms with Crippen molar-refractivity contribution in [2.45, 2.75) is 19.8 Å². The average molecular weight is 202 g/mol. The van der Waals surface area contributed by atoms with Crippen molar-refractivity contribution in [2.24, 2.45) is 0 Å². The lowest BCUT2D eigenvalue weighted by Crippen LogP contribution is -2.23. The Morgan fingerprint density at radius 2 is 1.86 bits per heavy atom. The molecule has 14 heavy (non-hydrogen) atoms. The Morgan fingerprint density at radius 3 is 2.21 bits per heavy atom. The van der Waals surface area contributed by atoms with Crippen LogP contribution >= 0.6 is 0 Å². The van der Waals surface area contributed by atoms with Crippen molar-refractivity contribution in [3.63, 3.8) is 0 Å². The van der Waals surface area contributed by atoms with E-state index in [9.17, 15) is 0 Å². The van der Waals surface area contributed by atoms with E-state index in [-0.39, 0.29) is 13.2 Å². The van der Waals surface area contributed by atoms with Gasteiger partial charge in [0.15, 0.2) is 0 Å². The molecule has 1 heterocycles. The summed E-state index contributed by atoms with van der Waals surface area (Å²) >= 11 is 0. The first kappa shape index (κ1) is 13.3. The highest BCUT2D eigenvalue weighted by atomic mass is 16.3. The molecular weight excluding hydrogens is 180 g/mol. The molecule has 1 rings (SSSR count). The van der Waals surface area contributed by atoms with Crippen LogP contribution in [-0.4, -0.2) is 53.5 Å². The number of unbranched alkanes of at least 4 members (excludes halogenated alkanes) is 1. The lowest BCUT2D eigenvalue weighted by Gasteiger charge is -2.17. The van der Waals surface area contributed by atoms with E-state index in [2.05, 4.69) is 36.2 Å². The minimum absolute atomic E-state index is 0.125. The highest BCUT2D eigenvalue weighted by molar-refractivity contribution is 4.88. The molecule has 0 aromatic rings. The van der Waals surface area contributed by atoms with Crippen molar-refractivity contribution in [3.05, 3.63) is 12.4 Å². The van der Waals surface area contributed by atoms with E-state index < -0.39 is 0 Å². The first-order valence-corrected chi connectivity index (χ1v) is 5.09. The number of nitrogens with zero attached hydrogens (tertiary/aromatic N) is 2. The predicted molar refractivity (Wildman–Crippen MR) is 57.6 cm³/mol. The molecule has 1 aliphatic heterocycles. The maximum Gasteiger partial charge on any atom is 0.0890 e. The van der Waals surface area contributed by atoms with Crippen molar-refractivity contribution in [2.75, 3.05) is 33.5 Å². The van der Waals surface area contributed by atoms with Crippen LogP contribution < -0.4 is 0 Å². The van der Waals surface area contributed by atoms with Gasteiger partial charge in [-0.05, 0) is 6.42 Å². The Labute approximate surface area is 86.4 Å². The predicted octanol–water partition coefficient (Wildman–Crippen LogP) is 0.434. The van der Waals surface area contributed by atoms with Gasteiger partial charge in [-0.1, -0.05) is 13.3 Å². The summed E-state index contributed by atoms with van der Waals surface area (Å²) in [5, 5.41) is 15.2. The lowest BCUT2D eigenvalue weighted by atomic mass is 10.3. The van der Waals surface area contributed by atoms with Gasteiger partial charge in [0.25, 0.3) is 0 Å². The van der Waals surface area contributed by atoms with Crippen LogP contribution in [0.15, 0.2) is 12.4 Å². The quantitative estimate of drug-likeness (QED) is 0.694. The highest BCUT2D eigenvalue weighted by Crippen LogP contribution is 2.04. The fourth-order valence-corrected chi connectivity index (χ4v) is 1.10. The summed E-state index contributed by atoms with van der Waals surface area (Å²) in [4.78, 5) is 4.53. The fraction of sp³-hybridized carbons (Fsp3) is 0.800. The number of hydrogen-bond acceptors (Lipinski definition) is 4. The summed E-state index contributed by atoms with van der Waals surface area (Å²) < 4.78 is 0. The molecule has 0 saturated carbocycles. The molecule has 2 N–H and O–H groups in total. The standard InChI is InChI=1S/C8H16N2.C2H6O2/c1-3-4-5-10-7-6-9(2)8-10;3-1-2-4/h6-7H,3-5,8H2,1-2H3;3-4H,1-2H2. The maximum absolute atomic E-state index is 7.62. The van der Waals surface area contributed by atoms with E-state index in [1.807, 2.05) is 0 Å². The third kappa shape index (κ3) is 6.74. The van der Waals surface area contributed by atoms with Crippen LogP contribution in [0.3, 0.4) is 0 Å². The molecule has 0 bridgehead atoms. The van der Waals surface area contributed by atoms with Gasteiger partial charge in [-0.25, -0.2) is 0 Å². The smallest absolute Gasteiger partial charge is 0.0890 e. The summed E-state index contributed by atoms with van der Waals surface area (Å²) in [5.74, 6) is 0. The zero-order valence-electron chi connectivity index (χ0n) is 9.19. The van der Waals surface area contributed by atoms with Gasteiger partial charge >= 0.3 is 0 Å². The van der Waals surface area contributed by atoms with E-state index in [0.29, 0.717) is 0 Å². The average Bonchev–Trinajstić information content (AvgIpc) is 2.61. The number of rotatable bonds is 4. The number of aliphatic hydroxyl groups is 2. The Hall–Kier alpha value is -0.740. The van der Waals surface area contributed by atoms with Crippen molar-refractivity contribution in [1.29, 1.82) is 0 Å². The van der Waals surface area contributed by atoms with Crippen LogP contribution in [0.5, 0.6) is 0 Å². The first-order valence-electron chi connectivity index (χ1n) is 5.09. The van der Waals surface area contributed by atoms with Crippen LogP contribution in [0, 0.1) is 0 Å². The van der Waals surface area contributed by atoms with E-state index in [1.165, 1.54) is 19.4 Å². The van der Waals surface area contributed by atoms with Crippen LogP contribution in [0.25, 0.3) is 0 Å². The van der Waals surface area contributed by atoms with Crippen molar-refractivity contribution < 1.29 is 10.2 Å². The molecule has 1 aliphatic rings. The van der Waals surface area contributed by atoms with E-state index in [4.69, 9.17) is 10.2 Å². The molecule has 0 amide bonds. The zero-order valence-corrected chi connectivity index (χ0v) is 9.19. The van der Waals surface area contributed by atoms with Crippen LogP contribution in [-0.2, 0) is 0 Å². The minimum Gasteiger partial charge on any atom is -0.394 e. The first-order chi connectivity index (χ1) is 6.74. The molecule has 4 nitrogen and oxygen atoms in total. The largest absolute Gasteiger partial charge is 0.394 e. The molecule has 0 spiro atoms. The van der Waals surface area contributed by atoms with Gasteiger partial charge in [0.05, 0.1) is 19.9 Å². The van der Waals surface area contributed by atoms with Gasteiger partial charge in [-0.15, -0.1) is 0 Å². The van der Waals surface area contributed by atoms with Gasteiger partial charge in [0.1, 0.15) is 0 Å². The van der Waals surface area contributed by atoms with E-state index >= 15 is 0 Å². The van der Waals surface area contributed by atoms with Gasteiger partial charge in [0.2, 0.25) is 0 Å². The molecule has 84 valence electrons. The molecule has 0 fully saturated rings. The topological polar surface area (TPSA) is 46.9 Å². The Balaban J connectivity index is 0.000000364. The second-order valence-corrected chi connectivity index (χ2v) is 3.31. The Morgan fingerprint density at radius 1 is 1.21 bits per heavy atom. The summed E-state index contributed by atoms with van der Waals surface area (Å²) in [5.41, 5.74) is 0. The van der Waals surface area contributed by atoms with Gasteiger partial charge in [-0.3, -0.25) is 0 Å². The lowest BCUT2D eigenvalue weighted by molar-refractivity contribution is 0.186. The molecule has 0 unspecified atom stereocenters. The van der Waals surface area contributed by atoms with Crippen molar-refractivity contribution in [3.8, 4) is 0 Å². The van der Waals surface area contributed by atoms with Gasteiger partial charge in [0, 0.05) is 26.0 Å². The van der Waals surface area contributed by atoms with E-state index in [1.54, 1.807) is 0 Å². The van der Waals surface area contributed by atoms with Crippen LogP contribution in [0.1, 0.15) is 19.8 Å².